The normalized spacial score (nSPS) is 11.7. The smallest absolute Gasteiger partial charge is 0.691 e. The Balaban J connectivity index is 0.00000225. The summed E-state index contributed by atoms with van der Waals surface area (Å²) in [6.07, 6.45) is 0. The Morgan fingerprint density at radius 1 is 1.56 bits per heavy atom. The van der Waals surface area contributed by atoms with Crippen molar-refractivity contribution in [1.29, 1.82) is 0 Å². The molecule has 0 aliphatic carbocycles. The number of hydrogen-bond acceptors (Lipinski definition) is 7. The predicted molar refractivity (Wildman–Crippen MR) is 53.9 cm³/mol. The molecule has 1 aromatic heterocycles. The molecule has 1 atom stereocenters. The zero-order valence-electron chi connectivity index (χ0n) is 8.84. The molecule has 0 amide bonds. The molecule has 0 spiro atoms. The fourth-order valence-electron chi connectivity index (χ4n) is 0.781. The van der Waals surface area contributed by atoms with Crippen LogP contribution >= 0.6 is 23.6 Å². The van der Waals surface area contributed by atoms with Crippen LogP contribution in [0.15, 0.2) is 17.2 Å². The van der Waals surface area contributed by atoms with E-state index in [0.29, 0.717) is 28.8 Å². The van der Waals surface area contributed by atoms with E-state index < -0.39 is 0 Å². The summed E-state index contributed by atoms with van der Waals surface area (Å²) >= 11 is 6.31. The molecular formula is C7H9ClN3NaO3S. The number of halogens is 1. The van der Waals surface area contributed by atoms with Crippen molar-refractivity contribution in [2.24, 2.45) is 0 Å². The summed E-state index contributed by atoms with van der Waals surface area (Å²) in [6.45, 7) is 1.92. The Hall–Kier alpha value is 0.400. The minimum Gasteiger partial charge on any atom is -0.691 e. The van der Waals surface area contributed by atoms with E-state index in [1.54, 1.807) is 12.1 Å². The van der Waals surface area contributed by atoms with Gasteiger partial charge in [-0.25, -0.2) is 0 Å². The van der Waals surface area contributed by atoms with E-state index in [-0.39, 0.29) is 35.6 Å². The van der Waals surface area contributed by atoms with E-state index in [2.05, 4.69) is 24.9 Å². The summed E-state index contributed by atoms with van der Waals surface area (Å²) in [5.74, 6) is 1.08. The van der Waals surface area contributed by atoms with E-state index >= 15 is 0 Å². The van der Waals surface area contributed by atoms with Crippen LogP contribution in [-0.2, 0) is 9.37 Å². The molecule has 1 N–H and O–H groups in total. The summed E-state index contributed by atoms with van der Waals surface area (Å²) in [4.78, 5) is 0. The Labute approximate surface area is 124 Å². The average molecular weight is 274 g/mol. The van der Waals surface area contributed by atoms with Crippen LogP contribution in [0.25, 0.3) is 0 Å². The standard InChI is InChI=1S/C7H10ClN3O3S.Na/c1-5(4-8)9-6-2-3-7(11-10-6)15-14-13-12;/h2-3,5,12H,4H2,1H3,(H,9,10);/q;+1/p-1. The quantitative estimate of drug-likeness (QED) is 0.206. The van der Waals surface area contributed by atoms with Crippen molar-refractivity contribution in [3.05, 3.63) is 12.1 Å². The summed E-state index contributed by atoms with van der Waals surface area (Å²) in [5, 5.41) is 23.8. The van der Waals surface area contributed by atoms with E-state index in [9.17, 15) is 5.26 Å². The zero-order valence-corrected chi connectivity index (χ0v) is 12.4. The number of aromatic nitrogens is 2. The van der Waals surface area contributed by atoms with Gasteiger partial charge >= 0.3 is 29.6 Å². The van der Waals surface area contributed by atoms with Crippen LogP contribution in [0.4, 0.5) is 5.82 Å². The van der Waals surface area contributed by atoms with Gasteiger partial charge in [-0.1, -0.05) is 0 Å². The van der Waals surface area contributed by atoms with Crippen molar-refractivity contribution in [3.63, 3.8) is 0 Å². The molecular weight excluding hydrogens is 265 g/mol. The van der Waals surface area contributed by atoms with Gasteiger partial charge in [-0.2, -0.15) is 4.33 Å². The second-order valence-corrected chi connectivity index (χ2v) is 3.71. The first-order valence-electron chi connectivity index (χ1n) is 4.05. The summed E-state index contributed by atoms with van der Waals surface area (Å²) in [5.41, 5.74) is 0. The second-order valence-electron chi connectivity index (χ2n) is 2.68. The van der Waals surface area contributed by atoms with Crippen molar-refractivity contribution in [2.75, 3.05) is 11.2 Å². The van der Waals surface area contributed by atoms with Gasteiger partial charge in [-0.05, 0) is 19.1 Å². The van der Waals surface area contributed by atoms with Crippen LogP contribution in [0.5, 0.6) is 0 Å². The largest absolute Gasteiger partial charge is 1.00 e. The van der Waals surface area contributed by atoms with Crippen LogP contribution in [0.2, 0.25) is 0 Å². The van der Waals surface area contributed by atoms with Crippen molar-refractivity contribution >= 4 is 29.5 Å². The fourth-order valence-corrected chi connectivity index (χ4v) is 1.15. The Morgan fingerprint density at radius 3 is 2.81 bits per heavy atom. The number of nitrogens with zero attached hydrogens (tertiary/aromatic N) is 2. The van der Waals surface area contributed by atoms with Crippen LogP contribution in [-0.4, -0.2) is 22.1 Å². The molecule has 1 rings (SSSR count). The SMILES string of the molecule is CC(CCl)Nc1ccc(SOO[O-])nn1.[Na+]. The van der Waals surface area contributed by atoms with Crippen LogP contribution in [0.3, 0.4) is 0 Å². The number of hydrogen-bond donors (Lipinski definition) is 1. The van der Waals surface area contributed by atoms with E-state index in [1.165, 1.54) is 0 Å². The maximum absolute atomic E-state index is 9.54. The third kappa shape index (κ3) is 6.21. The minimum absolute atomic E-state index is 0. The third-order valence-electron chi connectivity index (χ3n) is 1.41. The molecule has 0 aliphatic rings. The number of anilines is 1. The first-order valence-corrected chi connectivity index (χ1v) is 5.33. The molecule has 0 fully saturated rings. The molecule has 9 heteroatoms. The van der Waals surface area contributed by atoms with Crippen molar-refractivity contribution in [2.45, 2.75) is 18.0 Å². The molecule has 0 saturated carbocycles. The van der Waals surface area contributed by atoms with Gasteiger partial charge in [0.15, 0.2) is 0 Å². The predicted octanol–water partition coefficient (Wildman–Crippen LogP) is -2.25. The van der Waals surface area contributed by atoms with E-state index in [1.807, 2.05) is 6.92 Å². The molecule has 0 radical (unpaired) electrons. The van der Waals surface area contributed by atoms with Crippen molar-refractivity contribution in [3.8, 4) is 0 Å². The van der Waals surface area contributed by atoms with Gasteiger partial charge < -0.3 is 10.6 Å². The molecule has 16 heavy (non-hydrogen) atoms. The van der Waals surface area contributed by atoms with E-state index in [0.717, 1.165) is 0 Å². The van der Waals surface area contributed by atoms with Crippen LogP contribution in [0.1, 0.15) is 6.92 Å². The van der Waals surface area contributed by atoms with Gasteiger partial charge in [0, 0.05) is 11.9 Å². The Morgan fingerprint density at radius 2 is 2.31 bits per heavy atom. The van der Waals surface area contributed by atoms with Gasteiger partial charge in [0.25, 0.3) is 0 Å². The van der Waals surface area contributed by atoms with E-state index in [4.69, 9.17) is 11.6 Å². The molecule has 0 saturated heterocycles. The summed E-state index contributed by atoms with van der Waals surface area (Å²) < 4.78 is 4.08. The molecule has 1 heterocycles. The third-order valence-corrected chi connectivity index (χ3v) is 2.39. The second kappa shape index (κ2) is 9.43. The maximum atomic E-state index is 9.54. The van der Waals surface area contributed by atoms with Gasteiger partial charge in [-0.15, -0.1) is 21.8 Å². The Bertz CT molecular complexity index is 293. The van der Waals surface area contributed by atoms with Crippen LogP contribution in [0, 0.1) is 0 Å². The summed E-state index contributed by atoms with van der Waals surface area (Å²) in [7, 11) is 0. The van der Waals surface area contributed by atoms with Crippen molar-refractivity contribution < 1.29 is 44.2 Å². The molecule has 0 aliphatic heterocycles. The molecule has 6 nitrogen and oxygen atoms in total. The molecule has 0 aromatic carbocycles. The van der Waals surface area contributed by atoms with Crippen LogP contribution < -0.4 is 40.1 Å². The molecule has 84 valence electrons. The zero-order chi connectivity index (χ0) is 11.1. The topological polar surface area (TPSA) is 79.3 Å². The average Bonchev–Trinajstić information content (AvgIpc) is 2.28. The number of rotatable bonds is 6. The molecule has 1 aromatic rings. The monoisotopic (exact) mass is 273 g/mol. The molecule has 1 unspecified atom stereocenters. The van der Waals surface area contributed by atoms with Gasteiger partial charge in [0.1, 0.15) is 10.8 Å². The number of alkyl halides is 1. The molecule has 0 bridgehead atoms. The van der Waals surface area contributed by atoms with Gasteiger partial charge in [0.05, 0.1) is 12.0 Å². The summed E-state index contributed by atoms with van der Waals surface area (Å²) in [6, 6.07) is 3.45. The fraction of sp³-hybridized carbons (Fsp3) is 0.429. The number of nitrogens with one attached hydrogen (secondary N) is 1. The van der Waals surface area contributed by atoms with Gasteiger partial charge in [-0.3, -0.25) is 5.04 Å². The first-order chi connectivity index (χ1) is 7.26. The maximum Gasteiger partial charge on any atom is 1.00 e. The Kier molecular flexibility index (Phi) is 9.67. The van der Waals surface area contributed by atoms with Gasteiger partial charge in [0.2, 0.25) is 0 Å². The first kappa shape index (κ1) is 16.4. The minimum atomic E-state index is 0. The van der Waals surface area contributed by atoms with Crippen molar-refractivity contribution in [1.82, 2.24) is 10.2 Å².